The Hall–Kier alpha value is -5.03. The number of amides is 3. The van der Waals surface area contributed by atoms with E-state index in [0.29, 0.717) is 48.2 Å². The van der Waals surface area contributed by atoms with E-state index in [2.05, 4.69) is 58.8 Å². The van der Waals surface area contributed by atoms with E-state index in [1.807, 2.05) is 32.9 Å². The number of carbonyl (C=O) groups is 2. The van der Waals surface area contributed by atoms with Gasteiger partial charge in [-0.25, -0.2) is 23.2 Å². The number of pyridine rings is 1. The van der Waals surface area contributed by atoms with Gasteiger partial charge < -0.3 is 20.3 Å². The number of hydrogen-bond acceptors (Lipinski definition) is 13. The first-order valence-corrected chi connectivity index (χ1v) is 23.7. The number of nitrogens with zero attached hydrogens (tertiary/aromatic N) is 7. The minimum atomic E-state index is -3.57. The number of rotatable bonds is 13. The van der Waals surface area contributed by atoms with E-state index in [-0.39, 0.29) is 39.7 Å². The number of piperidine rings is 2. The molecule has 62 heavy (non-hydrogen) atoms. The normalized spacial score (nSPS) is 18.9. The van der Waals surface area contributed by atoms with Crippen LogP contribution < -0.4 is 30.5 Å². The van der Waals surface area contributed by atoms with Crippen molar-refractivity contribution in [3.63, 3.8) is 0 Å². The van der Waals surface area contributed by atoms with E-state index in [9.17, 15) is 18.0 Å². The molecular formula is C45H57ClN10O5S. The summed E-state index contributed by atoms with van der Waals surface area (Å²) in [6.07, 6.45) is 6.05. The Kier molecular flexibility index (Phi) is 12.9. The second-order valence-electron chi connectivity index (χ2n) is 17.3. The number of sulfone groups is 1. The van der Waals surface area contributed by atoms with Crippen LogP contribution in [0.1, 0.15) is 77.0 Å². The summed E-state index contributed by atoms with van der Waals surface area (Å²) in [7, 11) is -3.57. The molecule has 4 saturated heterocycles. The highest BCUT2D eigenvalue weighted by Crippen LogP contribution is 2.38. The van der Waals surface area contributed by atoms with Crippen LogP contribution >= 0.6 is 11.6 Å². The van der Waals surface area contributed by atoms with E-state index in [1.165, 1.54) is 17.4 Å². The number of aryl methyl sites for hydroxylation is 1. The predicted molar refractivity (Wildman–Crippen MR) is 243 cm³/mol. The molecule has 4 aromatic rings. The number of anilines is 6. The van der Waals surface area contributed by atoms with Crippen molar-refractivity contribution in [2.45, 2.75) is 101 Å². The van der Waals surface area contributed by atoms with Crippen molar-refractivity contribution in [2.75, 3.05) is 66.2 Å². The van der Waals surface area contributed by atoms with Crippen LogP contribution in [0.2, 0.25) is 5.02 Å². The van der Waals surface area contributed by atoms with Crippen LogP contribution in [0.5, 0.6) is 5.75 Å². The van der Waals surface area contributed by atoms with Gasteiger partial charge in [0.25, 0.3) is 0 Å². The average molecular weight is 886 g/mol. The molecule has 4 aliphatic heterocycles. The fourth-order valence-corrected chi connectivity index (χ4v) is 10.3. The minimum absolute atomic E-state index is 0.0943. The molecule has 3 N–H and O–H groups in total. The molecule has 8 rings (SSSR count). The molecule has 0 unspecified atom stereocenters. The lowest BCUT2D eigenvalue weighted by Crippen LogP contribution is -2.64. The van der Waals surface area contributed by atoms with Gasteiger partial charge in [-0.3, -0.25) is 24.8 Å². The topological polar surface area (TPSA) is 165 Å². The van der Waals surface area contributed by atoms with Gasteiger partial charge in [-0.05, 0) is 127 Å². The van der Waals surface area contributed by atoms with Crippen LogP contribution in [0.15, 0.2) is 65.7 Å². The Balaban J connectivity index is 0.846. The molecular weight excluding hydrogens is 828 g/mol. The molecule has 4 fully saturated rings. The van der Waals surface area contributed by atoms with Gasteiger partial charge in [0, 0.05) is 68.3 Å². The lowest BCUT2D eigenvalue weighted by atomic mass is 9.87. The van der Waals surface area contributed by atoms with Crippen molar-refractivity contribution in [1.29, 1.82) is 0 Å². The SMILES string of the molecule is Cc1nc(Nc2ncc(Cl)c(Nc3ccccc3S(=O)(=O)C(C)C)n2)c(OC(C)C)cc1C1CCN(C2CN(C3CCN(c4ccc(N5CCC(=O)NC5=O)cc4)CC3)C2)CC1. The number of nitrogens with one attached hydrogen (secondary N) is 3. The van der Waals surface area contributed by atoms with Gasteiger partial charge in [0.15, 0.2) is 27.2 Å². The largest absolute Gasteiger partial charge is 0.487 e. The monoisotopic (exact) mass is 884 g/mol. The molecule has 15 nitrogen and oxygen atoms in total. The maximum atomic E-state index is 13.1. The lowest BCUT2D eigenvalue weighted by Gasteiger charge is -2.52. The molecule has 0 radical (unpaired) electrons. The Morgan fingerprint density at radius 1 is 0.823 bits per heavy atom. The third-order valence-corrected chi connectivity index (χ3v) is 15.0. The summed E-state index contributed by atoms with van der Waals surface area (Å²) in [5.41, 5.74) is 4.47. The van der Waals surface area contributed by atoms with Gasteiger partial charge in [0.1, 0.15) is 5.02 Å². The van der Waals surface area contributed by atoms with Crippen LogP contribution in [-0.4, -0.2) is 114 Å². The zero-order chi connectivity index (χ0) is 43.7. The van der Waals surface area contributed by atoms with E-state index < -0.39 is 15.1 Å². The fourth-order valence-electron chi connectivity index (χ4n) is 9.00. The Morgan fingerprint density at radius 2 is 1.52 bits per heavy atom. The van der Waals surface area contributed by atoms with Crippen molar-refractivity contribution in [3.8, 4) is 5.75 Å². The molecule has 0 aliphatic carbocycles. The predicted octanol–water partition coefficient (Wildman–Crippen LogP) is 7.27. The number of imide groups is 1. The number of urea groups is 1. The molecule has 330 valence electrons. The number of benzene rings is 2. The van der Waals surface area contributed by atoms with Gasteiger partial charge >= 0.3 is 6.03 Å². The first kappa shape index (κ1) is 43.6. The highest BCUT2D eigenvalue weighted by molar-refractivity contribution is 7.92. The molecule has 17 heteroatoms. The third-order valence-electron chi connectivity index (χ3n) is 12.6. The highest BCUT2D eigenvalue weighted by atomic mass is 35.5. The van der Waals surface area contributed by atoms with Crippen LogP contribution in [0.4, 0.5) is 39.4 Å². The summed E-state index contributed by atoms with van der Waals surface area (Å²) in [5.74, 6) is 1.75. The number of carbonyl (C=O) groups excluding carboxylic acids is 2. The van der Waals surface area contributed by atoms with Gasteiger partial charge in [-0.1, -0.05) is 23.7 Å². The second kappa shape index (κ2) is 18.4. The van der Waals surface area contributed by atoms with E-state index >= 15 is 0 Å². The summed E-state index contributed by atoms with van der Waals surface area (Å²) in [6.45, 7) is 16.1. The maximum Gasteiger partial charge on any atom is 0.328 e. The van der Waals surface area contributed by atoms with E-state index in [0.717, 1.165) is 76.3 Å². The van der Waals surface area contributed by atoms with Crippen LogP contribution in [-0.2, 0) is 14.6 Å². The van der Waals surface area contributed by atoms with Crippen molar-refractivity contribution in [1.82, 2.24) is 30.1 Å². The quantitative estimate of drug-likeness (QED) is 0.123. The molecule has 0 saturated carbocycles. The summed E-state index contributed by atoms with van der Waals surface area (Å²) in [6, 6.07) is 17.8. The Labute approximate surface area is 369 Å². The summed E-state index contributed by atoms with van der Waals surface area (Å²) < 4.78 is 32.5. The molecule has 2 aromatic heterocycles. The van der Waals surface area contributed by atoms with Gasteiger partial charge in [-0.2, -0.15) is 4.98 Å². The fraction of sp³-hybridized carbons (Fsp3) is 0.489. The first-order chi connectivity index (χ1) is 29.7. The molecule has 3 amide bonds. The molecule has 0 bridgehead atoms. The zero-order valence-electron chi connectivity index (χ0n) is 36.1. The number of ether oxygens (including phenoxy) is 1. The van der Waals surface area contributed by atoms with Gasteiger partial charge in [-0.15, -0.1) is 0 Å². The number of likely N-dealkylation sites (tertiary alicyclic amines) is 2. The van der Waals surface area contributed by atoms with Crippen LogP contribution in [0.3, 0.4) is 0 Å². The van der Waals surface area contributed by atoms with Crippen molar-refractivity contribution < 1.29 is 22.7 Å². The van der Waals surface area contributed by atoms with Crippen LogP contribution in [0, 0.1) is 6.92 Å². The first-order valence-electron chi connectivity index (χ1n) is 21.8. The van der Waals surface area contributed by atoms with Crippen LogP contribution in [0.25, 0.3) is 0 Å². The van der Waals surface area contributed by atoms with Gasteiger partial charge in [0.2, 0.25) is 11.9 Å². The molecule has 4 aliphatic rings. The third kappa shape index (κ3) is 9.48. The van der Waals surface area contributed by atoms with E-state index in [1.54, 1.807) is 43.0 Å². The van der Waals surface area contributed by atoms with Crippen molar-refractivity contribution >= 4 is 68.0 Å². The smallest absolute Gasteiger partial charge is 0.328 e. The Bertz CT molecular complexity index is 2380. The minimum Gasteiger partial charge on any atom is -0.487 e. The molecule has 0 atom stereocenters. The standard InChI is InChI=1S/C45H57ClN10O5S/c1-28(2)61-39-24-36(30(5)48-43(39)52-44-47-25-37(46)42(51-44)49-38-8-6-7-9-40(38)62(59,60)29(3)4)31-14-19-54(20-15-31)35-26-55(27-35)33-16-21-53(22-17-33)32-10-12-34(13-11-32)56-23-18-41(57)50-45(56)58/h6-13,24-25,28-29,31,33,35H,14-23,26-27H2,1-5H3,(H,50,57,58)(H2,47,48,49,51,52). The lowest BCUT2D eigenvalue weighted by molar-refractivity contribution is -0.120. The molecule has 0 spiro atoms. The van der Waals surface area contributed by atoms with Crippen molar-refractivity contribution in [2.24, 2.45) is 0 Å². The summed E-state index contributed by atoms with van der Waals surface area (Å²) in [4.78, 5) is 47.4. The highest BCUT2D eigenvalue weighted by Gasteiger charge is 2.39. The maximum absolute atomic E-state index is 13.1. The Morgan fingerprint density at radius 3 is 2.19 bits per heavy atom. The number of halogens is 1. The molecule has 2 aromatic carbocycles. The number of aromatic nitrogens is 3. The number of hydrogen-bond donors (Lipinski definition) is 3. The summed E-state index contributed by atoms with van der Waals surface area (Å²) in [5, 5.41) is 8.40. The molecule has 6 heterocycles. The van der Waals surface area contributed by atoms with Crippen molar-refractivity contribution in [3.05, 3.63) is 77.1 Å². The van der Waals surface area contributed by atoms with E-state index in [4.69, 9.17) is 21.3 Å². The number of para-hydroxylation sites is 1. The van der Waals surface area contributed by atoms with Gasteiger partial charge in [0.05, 0.1) is 28.1 Å². The zero-order valence-corrected chi connectivity index (χ0v) is 37.7. The second-order valence-corrected chi connectivity index (χ2v) is 20.2. The average Bonchev–Trinajstić information content (AvgIpc) is 3.23. The summed E-state index contributed by atoms with van der Waals surface area (Å²) >= 11 is 6.52.